The monoisotopic (exact) mass is 417 g/mol. The van der Waals surface area contributed by atoms with Crippen LogP contribution in [-0.4, -0.2) is 32.4 Å². The van der Waals surface area contributed by atoms with E-state index in [2.05, 4.69) is 9.97 Å². The summed E-state index contributed by atoms with van der Waals surface area (Å²) in [5.74, 6) is -0.727. The SMILES string of the molecule is Cc1cccc2c(=O)n(CCCC(=O)O[C@@H](C)C(=O)c3c[nH]c4ccccc34)cnc12. The minimum Gasteiger partial charge on any atom is -0.454 e. The van der Waals surface area contributed by atoms with Crippen LogP contribution in [0.15, 0.2) is 59.8 Å². The zero-order chi connectivity index (χ0) is 22.0. The Hall–Kier alpha value is -3.74. The van der Waals surface area contributed by atoms with Crippen molar-refractivity contribution in [2.45, 2.75) is 39.3 Å². The van der Waals surface area contributed by atoms with Gasteiger partial charge < -0.3 is 9.72 Å². The molecule has 0 aliphatic heterocycles. The highest BCUT2D eigenvalue weighted by atomic mass is 16.5. The standard InChI is InChI=1S/C24H23N3O4/c1-15-7-5-9-18-22(15)26-14-27(24(18)30)12-6-11-21(28)31-16(2)23(29)19-13-25-20-10-4-3-8-17(19)20/h3-5,7-10,13-14,16,25H,6,11-12H2,1-2H3/t16-/m0/s1. The van der Waals surface area contributed by atoms with Gasteiger partial charge in [0.15, 0.2) is 6.10 Å². The molecule has 0 spiro atoms. The summed E-state index contributed by atoms with van der Waals surface area (Å²) in [7, 11) is 0. The van der Waals surface area contributed by atoms with E-state index in [-0.39, 0.29) is 17.8 Å². The smallest absolute Gasteiger partial charge is 0.306 e. The van der Waals surface area contributed by atoms with Crippen LogP contribution in [0.5, 0.6) is 0 Å². The van der Waals surface area contributed by atoms with Gasteiger partial charge in [0.25, 0.3) is 5.56 Å². The van der Waals surface area contributed by atoms with Crippen LogP contribution in [0, 0.1) is 6.92 Å². The number of benzene rings is 2. The van der Waals surface area contributed by atoms with Gasteiger partial charge in [-0.2, -0.15) is 0 Å². The number of carbonyl (C=O) groups excluding carboxylic acids is 2. The van der Waals surface area contributed by atoms with Gasteiger partial charge in [-0.05, 0) is 38.0 Å². The van der Waals surface area contributed by atoms with E-state index in [0.717, 1.165) is 16.5 Å². The second kappa shape index (κ2) is 8.55. The second-order valence-corrected chi connectivity index (χ2v) is 7.56. The number of nitrogens with one attached hydrogen (secondary N) is 1. The highest BCUT2D eigenvalue weighted by Crippen LogP contribution is 2.20. The number of rotatable bonds is 7. The Kier molecular flexibility index (Phi) is 5.66. The van der Waals surface area contributed by atoms with Crippen molar-refractivity contribution in [3.63, 3.8) is 0 Å². The van der Waals surface area contributed by atoms with E-state index in [0.29, 0.717) is 29.4 Å². The number of nitrogens with zero attached hydrogens (tertiary/aromatic N) is 2. The molecule has 0 aliphatic carbocycles. The highest BCUT2D eigenvalue weighted by molar-refractivity contribution is 6.10. The van der Waals surface area contributed by atoms with E-state index in [1.807, 2.05) is 43.3 Å². The molecule has 0 fully saturated rings. The van der Waals surface area contributed by atoms with Crippen molar-refractivity contribution in [1.29, 1.82) is 0 Å². The number of carbonyl (C=O) groups is 2. The first-order valence-electron chi connectivity index (χ1n) is 10.2. The number of hydrogen-bond donors (Lipinski definition) is 1. The minimum atomic E-state index is -0.889. The molecule has 2 heterocycles. The summed E-state index contributed by atoms with van der Waals surface area (Å²) in [6.07, 6.45) is 2.76. The fourth-order valence-corrected chi connectivity index (χ4v) is 3.69. The molecule has 1 atom stereocenters. The van der Waals surface area contributed by atoms with Gasteiger partial charge in [0.1, 0.15) is 0 Å². The molecule has 0 bridgehead atoms. The number of aryl methyl sites for hydroxylation is 2. The maximum absolute atomic E-state index is 12.7. The molecule has 1 N–H and O–H groups in total. The summed E-state index contributed by atoms with van der Waals surface area (Å²) in [6.45, 7) is 3.82. The molecular weight excluding hydrogens is 394 g/mol. The summed E-state index contributed by atoms with van der Waals surface area (Å²) >= 11 is 0. The lowest BCUT2D eigenvalue weighted by atomic mass is 10.1. The van der Waals surface area contributed by atoms with Gasteiger partial charge in [-0.15, -0.1) is 0 Å². The molecule has 7 heteroatoms. The van der Waals surface area contributed by atoms with Crippen LogP contribution in [0.3, 0.4) is 0 Å². The topological polar surface area (TPSA) is 94.0 Å². The molecule has 0 saturated carbocycles. The van der Waals surface area contributed by atoms with E-state index in [4.69, 9.17) is 4.74 Å². The average Bonchev–Trinajstić information content (AvgIpc) is 3.19. The Labute approximate surface area is 178 Å². The molecule has 31 heavy (non-hydrogen) atoms. The number of aromatic nitrogens is 3. The third-order valence-corrected chi connectivity index (χ3v) is 5.37. The predicted molar refractivity (Wildman–Crippen MR) is 118 cm³/mol. The summed E-state index contributed by atoms with van der Waals surface area (Å²) < 4.78 is 6.83. The molecule has 158 valence electrons. The van der Waals surface area contributed by atoms with Crippen LogP contribution in [0.25, 0.3) is 21.8 Å². The number of H-pyrrole nitrogens is 1. The lowest BCUT2D eigenvalue weighted by Gasteiger charge is -2.12. The van der Waals surface area contributed by atoms with E-state index in [1.165, 1.54) is 10.9 Å². The fraction of sp³-hybridized carbons (Fsp3) is 0.250. The summed E-state index contributed by atoms with van der Waals surface area (Å²) in [4.78, 5) is 45.0. The number of aromatic amines is 1. The molecule has 2 aromatic carbocycles. The molecule has 7 nitrogen and oxygen atoms in total. The second-order valence-electron chi connectivity index (χ2n) is 7.56. The van der Waals surface area contributed by atoms with Gasteiger partial charge in [-0.25, -0.2) is 4.98 Å². The summed E-state index contributed by atoms with van der Waals surface area (Å²) in [5.41, 5.74) is 2.85. The Balaban J connectivity index is 1.35. The van der Waals surface area contributed by atoms with Crippen LogP contribution in [0.1, 0.15) is 35.7 Å². The average molecular weight is 417 g/mol. The summed E-state index contributed by atoms with van der Waals surface area (Å²) in [6, 6.07) is 13.0. The van der Waals surface area contributed by atoms with Crippen molar-refractivity contribution in [2.75, 3.05) is 0 Å². The molecule has 4 rings (SSSR count). The number of ether oxygens (including phenoxy) is 1. The molecule has 0 amide bonds. The van der Waals surface area contributed by atoms with Gasteiger partial charge in [-0.1, -0.05) is 30.3 Å². The molecule has 2 aromatic heterocycles. The van der Waals surface area contributed by atoms with Crippen LogP contribution in [-0.2, 0) is 16.1 Å². The molecular formula is C24H23N3O4. The van der Waals surface area contributed by atoms with Crippen molar-refractivity contribution >= 4 is 33.6 Å². The number of esters is 1. The van der Waals surface area contributed by atoms with Gasteiger partial charge >= 0.3 is 5.97 Å². The molecule has 0 unspecified atom stereocenters. The largest absolute Gasteiger partial charge is 0.454 e. The minimum absolute atomic E-state index is 0.101. The number of fused-ring (bicyclic) bond motifs is 2. The van der Waals surface area contributed by atoms with Crippen LogP contribution in [0.4, 0.5) is 0 Å². The zero-order valence-electron chi connectivity index (χ0n) is 17.4. The lowest BCUT2D eigenvalue weighted by Crippen LogP contribution is -2.25. The number of para-hydroxylation sites is 2. The van der Waals surface area contributed by atoms with Gasteiger partial charge in [0.05, 0.1) is 17.2 Å². The Bertz CT molecular complexity index is 1340. The van der Waals surface area contributed by atoms with Gasteiger partial charge in [-0.3, -0.25) is 19.0 Å². The van der Waals surface area contributed by atoms with Crippen LogP contribution >= 0.6 is 0 Å². The summed E-state index contributed by atoms with van der Waals surface area (Å²) in [5, 5.41) is 1.36. The van der Waals surface area contributed by atoms with Crippen molar-refractivity contribution in [3.8, 4) is 0 Å². The third kappa shape index (κ3) is 4.12. The van der Waals surface area contributed by atoms with Crippen molar-refractivity contribution in [3.05, 3.63) is 76.5 Å². The van der Waals surface area contributed by atoms with Gasteiger partial charge in [0, 0.05) is 35.6 Å². The normalized spacial score (nSPS) is 12.2. The van der Waals surface area contributed by atoms with E-state index < -0.39 is 12.1 Å². The van der Waals surface area contributed by atoms with Crippen molar-refractivity contribution in [1.82, 2.24) is 14.5 Å². The third-order valence-electron chi connectivity index (χ3n) is 5.37. The Morgan fingerprint density at radius 1 is 1.13 bits per heavy atom. The Morgan fingerprint density at radius 3 is 2.74 bits per heavy atom. The maximum atomic E-state index is 12.7. The highest BCUT2D eigenvalue weighted by Gasteiger charge is 2.22. The van der Waals surface area contributed by atoms with Crippen LogP contribution < -0.4 is 5.56 Å². The quantitative estimate of drug-likeness (QED) is 0.365. The number of Topliss-reactive ketones (excluding diaryl/α,β-unsaturated/α-hetero) is 1. The lowest BCUT2D eigenvalue weighted by molar-refractivity contribution is -0.146. The fourth-order valence-electron chi connectivity index (χ4n) is 3.69. The number of hydrogen-bond acceptors (Lipinski definition) is 5. The zero-order valence-corrected chi connectivity index (χ0v) is 17.4. The first kappa shape index (κ1) is 20.5. The molecule has 0 radical (unpaired) electrons. The van der Waals surface area contributed by atoms with Crippen molar-refractivity contribution in [2.24, 2.45) is 0 Å². The number of ketones is 1. The van der Waals surface area contributed by atoms with E-state index in [9.17, 15) is 14.4 Å². The van der Waals surface area contributed by atoms with E-state index in [1.54, 1.807) is 19.2 Å². The van der Waals surface area contributed by atoms with E-state index >= 15 is 0 Å². The molecule has 4 aromatic rings. The maximum Gasteiger partial charge on any atom is 0.306 e. The predicted octanol–water partition coefficient (Wildman–Crippen LogP) is 3.78. The van der Waals surface area contributed by atoms with Gasteiger partial charge in [0.2, 0.25) is 5.78 Å². The first-order valence-corrected chi connectivity index (χ1v) is 10.2. The van der Waals surface area contributed by atoms with Crippen molar-refractivity contribution < 1.29 is 14.3 Å². The molecule has 0 saturated heterocycles. The Morgan fingerprint density at radius 2 is 1.90 bits per heavy atom. The molecule has 0 aliphatic rings. The first-order chi connectivity index (χ1) is 15.0. The van der Waals surface area contributed by atoms with Crippen LogP contribution in [0.2, 0.25) is 0 Å².